The van der Waals surface area contributed by atoms with Crippen molar-refractivity contribution in [2.45, 2.75) is 18.7 Å². The van der Waals surface area contributed by atoms with Gasteiger partial charge in [0.15, 0.2) is 0 Å². The second-order valence-corrected chi connectivity index (χ2v) is 2.95. The van der Waals surface area contributed by atoms with Crippen LogP contribution in [0.1, 0.15) is 13.3 Å². The fourth-order valence-corrected chi connectivity index (χ4v) is 0.814. The normalized spacial score (nSPS) is 13.0. The van der Waals surface area contributed by atoms with E-state index in [0.717, 1.165) is 6.42 Å². The molecule has 0 aliphatic carbocycles. The summed E-state index contributed by atoms with van der Waals surface area (Å²) >= 11 is 16.2. The van der Waals surface area contributed by atoms with Crippen molar-refractivity contribution in [3.63, 3.8) is 0 Å². The van der Waals surface area contributed by atoms with Crippen molar-refractivity contribution in [2.24, 2.45) is 0 Å². The monoisotopic (exact) mass is 172 g/mol. The van der Waals surface area contributed by atoms with Crippen LogP contribution in [0.25, 0.3) is 0 Å². The van der Waals surface area contributed by atoms with E-state index in [0.29, 0.717) is 0 Å². The predicted molar refractivity (Wildman–Crippen MR) is 39.7 cm³/mol. The van der Waals surface area contributed by atoms with Crippen molar-refractivity contribution in [3.05, 3.63) is 10.6 Å². The molecule has 0 aliphatic rings. The Labute approximate surface area is 64.4 Å². The highest BCUT2D eigenvalue weighted by molar-refractivity contribution is 6.56. The highest BCUT2D eigenvalue weighted by atomic mass is 35.5. The van der Waals surface area contributed by atoms with E-state index in [4.69, 9.17) is 34.8 Å². The third kappa shape index (κ3) is 4.76. The minimum absolute atomic E-state index is 0.0278. The van der Waals surface area contributed by atoms with Gasteiger partial charge in [0, 0.05) is 0 Å². The summed E-state index contributed by atoms with van der Waals surface area (Å²) in [6.07, 6.45) is 2.45. The molecule has 3 heteroatoms. The Morgan fingerprint density at radius 1 is 1.62 bits per heavy atom. The van der Waals surface area contributed by atoms with Gasteiger partial charge >= 0.3 is 0 Å². The standard InChI is InChI=1S/C5H7Cl3/c1-2-4(6)3-5(7)8/h3-4H,2H2,1H3. The van der Waals surface area contributed by atoms with Crippen LogP contribution in [0.15, 0.2) is 10.6 Å². The molecule has 0 amide bonds. The molecule has 8 heavy (non-hydrogen) atoms. The van der Waals surface area contributed by atoms with Crippen LogP contribution in [0.2, 0.25) is 0 Å². The maximum Gasteiger partial charge on any atom is 0.104 e. The average Bonchev–Trinajstić information content (AvgIpc) is 1.65. The molecule has 0 radical (unpaired) electrons. The van der Waals surface area contributed by atoms with Crippen LogP contribution in [-0.2, 0) is 0 Å². The lowest BCUT2D eigenvalue weighted by atomic mass is 10.3. The van der Waals surface area contributed by atoms with Gasteiger partial charge in [-0.15, -0.1) is 11.6 Å². The van der Waals surface area contributed by atoms with Gasteiger partial charge in [0.2, 0.25) is 0 Å². The lowest BCUT2D eigenvalue weighted by Gasteiger charge is -1.94. The van der Waals surface area contributed by atoms with Gasteiger partial charge in [-0.3, -0.25) is 0 Å². The molecule has 0 aliphatic heterocycles. The summed E-state index contributed by atoms with van der Waals surface area (Å²) in [6, 6.07) is 0. The molecule has 0 saturated carbocycles. The largest absolute Gasteiger partial charge is 0.118 e. The van der Waals surface area contributed by atoms with Crippen molar-refractivity contribution in [2.75, 3.05) is 0 Å². The Balaban J connectivity index is 3.51. The molecule has 0 nitrogen and oxygen atoms in total. The first-order chi connectivity index (χ1) is 3.66. The Hall–Kier alpha value is 0.610. The van der Waals surface area contributed by atoms with Gasteiger partial charge in [-0.2, -0.15) is 0 Å². The first-order valence-electron chi connectivity index (χ1n) is 2.33. The second kappa shape index (κ2) is 4.49. The molecule has 0 heterocycles. The lowest BCUT2D eigenvalue weighted by molar-refractivity contribution is 0.967. The molecular formula is C5H7Cl3. The van der Waals surface area contributed by atoms with Crippen LogP contribution in [0, 0.1) is 0 Å². The summed E-state index contributed by atoms with van der Waals surface area (Å²) in [5.74, 6) is 0. The molecule has 0 aromatic carbocycles. The Morgan fingerprint density at radius 3 is 2.25 bits per heavy atom. The maximum absolute atomic E-state index is 5.61. The van der Waals surface area contributed by atoms with Gasteiger partial charge < -0.3 is 0 Å². The van der Waals surface area contributed by atoms with E-state index in [1.165, 1.54) is 0 Å². The average molecular weight is 173 g/mol. The minimum atomic E-state index is -0.0278. The van der Waals surface area contributed by atoms with Gasteiger partial charge in [0.1, 0.15) is 4.49 Å². The predicted octanol–water partition coefficient (Wildman–Crippen LogP) is 3.32. The van der Waals surface area contributed by atoms with Crippen molar-refractivity contribution in [1.29, 1.82) is 0 Å². The Bertz CT molecular complexity index is 83.7. The first-order valence-corrected chi connectivity index (χ1v) is 3.53. The SMILES string of the molecule is CCC(Cl)C=C(Cl)Cl. The highest BCUT2D eigenvalue weighted by Gasteiger charge is 1.94. The molecule has 1 unspecified atom stereocenters. The zero-order valence-corrected chi connectivity index (χ0v) is 6.76. The maximum atomic E-state index is 5.61. The van der Waals surface area contributed by atoms with Crippen LogP contribution < -0.4 is 0 Å². The molecule has 0 rings (SSSR count). The van der Waals surface area contributed by atoms with Crippen molar-refractivity contribution in [3.8, 4) is 0 Å². The summed E-state index contributed by atoms with van der Waals surface area (Å²) in [5, 5.41) is -0.0278. The molecule has 0 bridgehead atoms. The molecule has 0 spiro atoms. The molecule has 48 valence electrons. The second-order valence-electron chi connectivity index (χ2n) is 1.38. The topological polar surface area (TPSA) is 0 Å². The number of allylic oxidation sites excluding steroid dienone is 1. The van der Waals surface area contributed by atoms with E-state index in [2.05, 4.69) is 0 Å². The number of hydrogen-bond donors (Lipinski definition) is 0. The van der Waals surface area contributed by atoms with Gasteiger partial charge in [0.05, 0.1) is 5.38 Å². The Kier molecular flexibility index (Phi) is 4.83. The summed E-state index contributed by atoms with van der Waals surface area (Å²) < 4.78 is 0.242. The van der Waals surface area contributed by atoms with E-state index in [-0.39, 0.29) is 9.87 Å². The van der Waals surface area contributed by atoms with Gasteiger partial charge in [0.25, 0.3) is 0 Å². The zero-order chi connectivity index (χ0) is 6.57. The Morgan fingerprint density at radius 2 is 2.12 bits per heavy atom. The lowest BCUT2D eigenvalue weighted by Crippen LogP contribution is -1.87. The number of alkyl halides is 1. The van der Waals surface area contributed by atoms with Crippen LogP contribution in [-0.4, -0.2) is 5.38 Å². The molecule has 0 aromatic rings. The third-order valence-electron chi connectivity index (χ3n) is 0.697. The summed E-state index contributed by atoms with van der Waals surface area (Å²) in [5.41, 5.74) is 0. The van der Waals surface area contributed by atoms with Crippen molar-refractivity contribution in [1.82, 2.24) is 0 Å². The molecule has 0 aromatic heterocycles. The third-order valence-corrected chi connectivity index (χ3v) is 1.38. The van der Waals surface area contributed by atoms with Crippen molar-refractivity contribution >= 4 is 34.8 Å². The molecule has 0 saturated heterocycles. The van der Waals surface area contributed by atoms with Crippen LogP contribution in [0.3, 0.4) is 0 Å². The van der Waals surface area contributed by atoms with Crippen LogP contribution in [0.5, 0.6) is 0 Å². The quantitative estimate of drug-likeness (QED) is 0.562. The van der Waals surface area contributed by atoms with E-state index in [1.54, 1.807) is 6.08 Å². The number of hydrogen-bond acceptors (Lipinski definition) is 0. The van der Waals surface area contributed by atoms with Gasteiger partial charge in [-0.1, -0.05) is 30.1 Å². The number of rotatable bonds is 2. The fraction of sp³-hybridized carbons (Fsp3) is 0.600. The summed E-state index contributed by atoms with van der Waals surface area (Å²) in [6.45, 7) is 1.96. The zero-order valence-electron chi connectivity index (χ0n) is 4.50. The van der Waals surface area contributed by atoms with E-state index < -0.39 is 0 Å². The van der Waals surface area contributed by atoms with Gasteiger partial charge in [-0.25, -0.2) is 0 Å². The first kappa shape index (κ1) is 8.61. The van der Waals surface area contributed by atoms with E-state index in [1.807, 2.05) is 6.92 Å². The molecule has 0 fully saturated rings. The molecule has 0 N–H and O–H groups in total. The summed E-state index contributed by atoms with van der Waals surface area (Å²) in [4.78, 5) is 0. The molecular weight excluding hydrogens is 166 g/mol. The highest BCUT2D eigenvalue weighted by Crippen LogP contribution is 2.12. The smallest absolute Gasteiger partial charge is 0.104 e. The van der Waals surface area contributed by atoms with Crippen molar-refractivity contribution < 1.29 is 0 Å². The fourth-order valence-electron chi connectivity index (χ4n) is 0.255. The minimum Gasteiger partial charge on any atom is -0.118 e. The number of halogens is 3. The summed E-state index contributed by atoms with van der Waals surface area (Å²) in [7, 11) is 0. The van der Waals surface area contributed by atoms with Gasteiger partial charge in [-0.05, 0) is 12.5 Å². The van der Waals surface area contributed by atoms with E-state index >= 15 is 0 Å². The van der Waals surface area contributed by atoms with E-state index in [9.17, 15) is 0 Å². The van der Waals surface area contributed by atoms with Crippen LogP contribution in [0.4, 0.5) is 0 Å². The molecule has 1 atom stereocenters. The van der Waals surface area contributed by atoms with Crippen LogP contribution >= 0.6 is 34.8 Å².